The molecule has 34 heavy (non-hydrogen) atoms. The van der Waals surface area contributed by atoms with E-state index in [1.807, 2.05) is 44.2 Å². The largest absolute Gasteiger partial charge is 0.497 e. The highest BCUT2D eigenvalue weighted by Gasteiger charge is 2.51. The number of carbonyl (C=O) groups is 1. The second-order valence-electron chi connectivity index (χ2n) is 8.10. The summed E-state index contributed by atoms with van der Waals surface area (Å²) in [4.78, 5) is 13.5. The number of rotatable bonds is 9. The maximum absolute atomic E-state index is 13.9. The van der Waals surface area contributed by atoms with E-state index in [1.165, 1.54) is 12.1 Å². The second-order valence-corrected chi connectivity index (χ2v) is 8.10. The predicted molar refractivity (Wildman–Crippen MR) is 131 cm³/mol. The molecule has 3 aromatic carbocycles. The number of hydrogen-bond donors (Lipinski definition) is 2. The molecule has 178 valence electrons. The van der Waals surface area contributed by atoms with Gasteiger partial charge in [0.25, 0.3) is 0 Å². The van der Waals surface area contributed by atoms with Gasteiger partial charge in [-0.25, -0.2) is 4.39 Å². The van der Waals surface area contributed by atoms with Gasteiger partial charge in [-0.2, -0.15) is 0 Å². The van der Waals surface area contributed by atoms with Crippen molar-refractivity contribution in [2.75, 3.05) is 31.5 Å². The van der Waals surface area contributed by atoms with Gasteiger partial charge in [0, 0.05) is 36.0 Å². The van der Waals surface area contributed by atoms with E-state index in [0.717, 1.165) is 16.8 Å². The van der Waals surface area contributed by atoms with Gasteiger partial charge in [-0.3, -0.25) is 4.79 Å². The molecule has 1 heterocycles. The minimum Gasteiger partial charge on any atom is -0.497 e. The van der Waals surface area contributed by atoms with E-state index in [0.29, 0.717) is 36.0 Å². The van der Waals surface area contributed by atoms with Crippen molar-refractivity contribution >= 4 is 17.2 Å². The predicted octanol–water partition coefficient (Wildman–Crippen LogP) is 5.69. The standard InChI is InChI=1S/C27H29FN2O4/c1-5-25(31)26-23-16-20(34-6-2)11-12-24(23)30-27(26,17-7-9-18(28)10-8-17)29-19-13-21(32-3)15-22(14-19)33-4/h7-16,26,29-30H,5-6H2,1-4H3. The van der Waals surface area contributed by atoms with Gasteiger partial charge in [-0.15, -0.1) is 0 Å². The summed E-state index contributed by atoms with van der Waals surface area (Å²) in [5.74, 6) is 0.971. The summed E-state index contributed by atoms with van der Waals surface area (Å²) in [5, 5.41) is 7.10. The molecule has 0 fully saturated rings. The van der Waals surface area contributed by atoms with Crippen LogP contribution in [0, 0.1) is 5.82 Å². The zero-order valence-corrected chi connectivity index (χ0v) is 19.8. The summed E-state index contributed by atoms with van der Waals surface area (Å²) in [6.07, 6.45) is 0.330. The summed E-state index contributed by atoms with van der Waals surface area (Å²) >= 11 is 0. The van der Waals surface area contributed by atoms with Crippen molar-refractivity contribution in [2.45, 2.75) is 31.8 Å². The monoisotopic (exact) mass is 464 g/mol. The van der Waals surface area contributed by atoms with Gasteiger partial charge in [-0.1, -0.05) is 19.1 Å². The number of ketones is 1. The molecule has 6 nitrogen and oxygen atoms in total. The third-order valence-corrected chi connectivity index (χ3v) is 6.07. The Morgan fingerprint density at radius 3 is 2.24 bits per heavy atom. The molecule has 1 aliphatic heterocycles. The molecule has 0 saturated carbocycles. The molecular weight excluding hydrogens is 435 g/mol. The van der Waals surface area contributed by atoms with E-state index in [4.69, 9.17) is 14.2 Å². The van der Waals surface area contributed by atoms with Crippen LogP contribution in [0.3, 0.4) is 0 Å². The molecule has 0 bridgehead atoms. The van der Waals surface area contributed by atoms with Crippen LogP contribution in [-0.2, 0) is 10.5 Å². The van der Waals surface area contributed by atoms with Crippen LogP contribution in [0.1, 0.15) is 37.3 Å². The highest BCUT2D eigenvalue weighted by molar-refractivity contribution is 5.93. The molecule has 4 rings (SSSR count). The Morgan fingerprint density at radius 2 is 1.65 bits per heavy atom. The molecular formula is C27H29FN2O4. The third kappa shape index (κ3) is 4.25. The van der Waals surface area contributed by atoms with E-state index in [1.54, 1.807) is 32.4 Å². The fourth-order valence-electron chi connectivity index (χ4n) is 4.52. The van der Waals surface area contributed by atoms with Crippen LogP contribution in [0.5, 0.6) is 17.2 Å². The van der Waals surface area contributed by atoms with Crippen molar-refractivity contribution in [3.05, 3.63) is 77.6 Å². The molecule has 0 spiro atoms. The van der Waals surface area contributed by atoms with Crippen LogP contribution >= 0.6 is 0 Å². The minimum atomic E-state index is -1.08. The number of nitrogens with one attached hydrogen (secondary N) is 2. The van der Waals surface area contributed by atoms with E-state index >= 15 is 0 Å². The Bertz CT molecular complexity index is 1160. The van der Waals surface area contributed by atoms with E-state index in [9.17, 15) is 9.18 Å². The third-order valence-electron chi connectivity index (χ3n) is 6.07. The van der Waals surface area contributed by atoms with Gasteiger partial charge in [0.05, 0.1) is 26.7 Å². The van der Waals surface area contributed by atoms with Crippen LogP contribution in [0.4, 0.5) is 15.8 Å². The molecule has 0 amide bonds. The maximum atomic E-state index is 13.9. The molecule has 0 aromatic heterocycles. The second kappa shape index (κ2) is 9.63. The first-order valence-corrected chi connectivity index (χ1v) is 11.3. The first-order chi connectivity index (χ1) is 16.4. The smallest absolute Gasteiger partial charge is 0.149 e. The first-order valence-electron chi connectivity index (χ1n) is 11.3. The molecule has 2 atom stereocenters. The lowest BCUT2D eigenvalue weighted by molar-refractivity contribution is -0.121. The average molecular weight is 465 g/mol. The normalized spacial score (nSPS) is 18.6. The number of anilines is 2. The van der Waals surface area contributed by atoms with Crippen molar-refractivity contribution in [3.8, 4) is 17.2 Å². The summed E-state index contributed by atoms with van der Waals surface area (Å²) < 4.78 is 30.5. The fraction of sp³-hybridized carbons (Fsp3) is 0.296. The Labute approximate surface area is 199 Å². The number of halogens is 1. The topological polar surface area (TPSA) is 68.8 Å². The molecule has 7 heteroatoms. The van der Waals surface area contributed by atoms with Gasteiger partial charge in [0.2, 0.25) is 0 Å². The van der Waals surface area contributed by atoms with Crippen LogP contribution in [0.2, 0.25) is 0 Å². The molecule has 0 aliphatic carbocycles. The van der Waals surface area contributed by atoms with Gasteiger partial charge >= 0.3 is 0 Å². The molecule has 0 radical (unpaired) electrons. The van der Waals surface area contributed by atoms with Crippen LogP contribution < -0.4 is 24.8 Å². The van der Waals surface area contributed by atoms with Gasteiger partial charge in [0.15, 0.2) is 0 Å². The van der Waals surface area contributed by atoms with Gasteiger partial charge in [0.1, 0.15) is 34.5 Å². The van der Waals surface area contributed by atoms with Crippen LogP contribution in [0.25, 0.3) is 0 Å². The Balaban J connectivity index is 1.92. The quantitative estimate of drug-likeness (QED) is 0.424. The summed E-state index contributed by atoms with van der Waals surface area (Å²) in [6, 6.07) is 17.3. The fourth-order valence-corrected chi connectivity index (χ4v) is 4.52. The van der Waals surface area contributed by atoms with E-state index in [2.05, 4.69) is 10.6 Å². The van der Waals surface area contributed by atoms with E-state index in [-0.39, 0.29) is 11.6 Å². The molecule has 3 aromatic rings. The Kier molecular flexibility index (Phi) is 6.63. The molecule has 2 unspecified atom stereocenters. The summed E-state index contributed by atoms with van der Waals surface area (Å²) in [5.41, 5.74) is 1.95. The van der Waals surface area contributed by atoms with Crippen molar-refractivity contribution in [2.24, 2.45) is 0 Å². The van der Waals surface area contributed by atoms with Crippen LogP contribution in [-0.4, -0.2) is 26.6 Å². The van der Waals surface area contributed by atoms with Crippen molar-refractivity contribution in [3.63, 3.8) is 0 Å². The lowest BCUT2D eigenvalue weighted by atomic mass is 9.80. The molecule has 2 N–H and O–H groups in total. The Hall–Kier alpha value is -3.74. The number of ether oxygens (including phenoxy) is 3. The summed E-state index contributed by atoms with van der Waals surface area (Å²) in [7, 11) is 3.16. The summed E-state index contributed by atoms with van der Waals surface area (Å²) in [6.45, 7) is 4.28. The minimum absolute atomic E-state index is 0.0339. The number of hydrogen-bond acceptors (Lipinski definition) is 6. The lowest BCUT2D eigenvalue weighted by Crippen LogP contribution is -2.47. The SMILES string of the molecule is CCOc1ccc2c(c1)C(C(=O)CC)C(Nc1cc(OC)cc(OC)c1)(c1ccc(F)cc1)N2. The number of carbonyl (C=O) groups excluding carboxylic acids is 1. The highest BCUT2D eigenvalue weighted by atomic mass is 19.1. The average Bonchev–Trinajstić information content (AvgIpc) is 3.17. The number of benzene rings is 3. The van der Waals surface area contributed by atoms with Gasteiger partial charge < -0.3 is 24.8 Å². The van der Waals surface area contributed by atoms with Crippen molar-refractivity contribution < 1.29 is 23.4 Å². The zero-order valence-electron chi connectivity index (χ0n) is 19.8. The lowest BCUT2D eigenvalue weighted by Gasteiger charge is -2.38. The molecule has 0 saturated heterocycles. The number of methoxy groups -OCH3 is 2. The first kappa shape index (κ1) is 23.4. The number of fused-ring (bicyclic) bond motifs is 1. The number of Topliss-reactive ketones (excluding diaryl/α,β-unsaturated/α-hetero) is 1. The van der Waals surface area contributed by atoms with E-state index < -0.39 is 11.6 Å². The van der Waals surface area contributed by atoms with Crippen molar-refractivity contribution in [1.82, 2.24) is 0 Å². The maximum Gasteiger partial charge on any atom is 0.149 e. The van der Waals surface area contributed by atoms with Crippen molar-refractivity contribution in [1.29, 1.82) is 0 Å². The highest BCUT2D eigenvalue weighted by Crippen LogP contribution is 2.51. The Morgan fingerprint density at radius 1 is 0.971 bits per heavy atom. The van der Waals surface area contributed by atoms with Gasteiger partial charge in [-0.05, 0) is 48.4 Å². The zero-order chi connectivity index (χ0) is 24.3. The van der Waals surface area contributed by atoms with Crippen LogP contribution in [0.15, 0.2) is 60.7 Å². The molecule has 1 aliphatic rings.